The fourth-order valence-corrected chi connectivity index (χ4v) is 5.08. The van der Waals surface area contributed by atoms with E-state index in [1.807, 2.05) is 37.3 Å². The minimum absolute atomic E-state index is 0.0406. The number of amides is 1. The number of hydrogen-bond acceptors (Lipinski definition) is 5. The fourth-order valence-electron chi connectivity index (χ4n) is 3.69. The molecule has 8 nitrogen and oxygen atoms in total. The van der Waals surface area contributed by atoms with Gasteiger partial charge in [-0.15, -0.1) is 0 Å². The summed E-state index contributed by atoms with van der Waals surface area (Å²) in [5, 5.41) is 2.77. The number of hydrogen-bond donors (Lipinski definition) is 2. The summed E-state index contributed by atoms with van der Waals surface area (Å²) in [6, 6.07) is 23.9. The van der Waals surface area contributed by atoms with Crippen LogP contribution in [-0.2, 0) is 21.4 Å². The van der Waals surface area contributed by atoms with Crippen LogP contribution in [-0.4, -0.2) is 35.1 Å². The smallest absolute Gasteiger partial charge is 0.251 e. The van der Waals surface area contributed by atoms with Gasteiger partial charge in [0.1, 0.15) is 5.82 Å². The molecule has 0 atom stereocenters. The van der Waals surface area contributed by atoms with Gasteiger partial charge >= 0.3 is 0 Å². The Balaban J connectivity index is 1.58. The Hall–Kier alpha value is -4.08. The Labute approximate surface area is 209 Å². The lowest BCUT2D eigenvalue weighted by Gasteiger charge is -2.22. The third-order valence-electron chi connectivity index (χ3n) is 5.47. The van der Waals surface area contributed by atoms with Crippen LogP contribution >= 0.6 is 0 Å². The molecule has 0 aliphatic carbocycles. The van der Waals surface area contributed by atoms with Gasteiger partial charge in [0.15, 0.2) is 0 Å². The van der Waals surface area contributed by atoms with Crippen molar-refractivity contribution in [1.29, 1.82) is 0 Å². The second-order valence-electron chi connectivity index (χ2n) is 8.44. The van der Waals surface area contributed by atoms with Crippen LogP contribution < -0.4 is 10.9 Å². The van der Waals surface area contributed by atoms with Crippen molar-refractivity contribution >= 4 is 21.6 Å². The number of aromatic nitrogens is 2. The summed E-state index contributed by atoms with van der Waals surface area (Å²) in [6.45, 7) is 3.26. The summed E-state index contributed by atoms with van der Waals surface area (Å²) in [4.78, 5) is 32.0. The molecule has 0 unspecified atom stereocenters. The predicted molar refractivity (Wildman–Crippen MR) is 139 cm³/mol. The van der Waals surface area contributed by atoms with Gasteiger partial charge in [-0.3, -0.25) is 9.59 Å². The second kappa shape index (κ2) is 10.7. The highest BCUT2D eigenvalue weighted by molar-refractivity contribution is 7.89. The number of carbonyl (C=O) groups excluding carboxylic acids is 1. The first-order valence-electron chi connectivity index (χ1n) is 11.3. The molecule has 2 N–H and O–H groups in total. The Morgan fingerprint density at radius 3 is 2.36 bits per heavy atom. The summed E-state index contributed by atoms with van der Waals surface area (Å²) in [5.74, 6) is -0.117. The zero-order chi connectivity index (χ0) is 25.7. The van der Waals surface area contributed by atoms with E-state index in [1.54, 1.807) is 55.5 Å². The highest BCUT2D eigenvalue weighted by Gasteiger charge is 2.27. The monoisotopic (exact) mass is 502 g/mol. The number of H-pyrrole nitrogens is 1. The number of anilines is 1. The summed E-state index contributed by atoms with van der Waals surface area (Å²) < 4.78 is 28.0. The molecule has 0 aliphatic heterocycles. The summed E-state index contributed by atoms with van der Waals surface area (Å²) in [5.41, 5.74) is 3.06. The van der Waals surface area contributed by atoms with Crippen LogP contribution in [0.3, 0.4) is 0 Å². The van der Waals surface area contributed by atoms with Crippen molar-refractivity contribution in [2.24, 2.45) is 0 Å². The molecule has 0 fully saturated rings. The van der Waals surface area contributed by atoms with Gasteiger partial charge in [-0.05, 0) is 43.7 Å². The van der Waals surface area contributed by atoms with Crippen LogP contribution in [0.5, 0.6) is 0 Å². The van der Waals surface area contributed by atoms with Crippen molar-refractivity contribution in [1.82, 2.24) is 14.3 Å². The molecule has 9 heteroatoms. The number of benzene rings is 3. The van der Waals surface area contributed by atoms with Gasteiger partial charge in [0.25, 0.3) is 5.56 Å². The molecule has 0 spiro atoms. The van der Waals surface area contributed by atoms with Crippen molar-refractivity contribution < 1.29 is 13.2 Å². The van der Waals surface area contributed by atoms with Crippen LogP contribution in [0.2, 0.25) is 0 Å². The maximum absolute atomic E-state index is 13.4. The molecule has 0 aliphatic rings. The van der Waals surface area contributed by atoms with E-state index in [0.29, 0.717) is 22.8 Å². The van der Waals surface area contributed by atoms with Gasteiger partial charge in [-0.1, -0.05) is 60.2 Å². The average molecular weight is 503 g/mol. The molecular formula is C27H26N4O4S. The molecule has 1 heterocycles. The Morgan fingerprint density at radius 1 is 0.944 bits per heavy atom. The maximum atomic E-state index is 13.4. The highest BCUT2D eigenvalue weighted by Crippen LogP contribution is 2.21. The van der Waals surface area contributed by atoms with Crippen LogP contribution in [0.25, 0.3) is 11.4 Å². The molecule has 4 aromatic rings. The quantitative estimate of drug-likeness (QED) is 0.380. The van der Waals surface area contributed by atoms with Crippen LogP contribution in [0, 0.1) is 13.8 Å². The van der Waals surface area contributed by atoms with Crippen LogP contribution in [0.1, 0.15) is 16.8 Å². The lowest BCUT2D eigenvalue weighted by atomic mass is 10.2. The fraction of sp³-hybridized carbons (Fsp3) is 0.148. The topological polar surface area (TPSA) is 112 Å². The number of carbonyl (C=O) groups is 1. The second-order valence-corrected chi connectivity index (χ2v) is 10.4. The number of aryl methyl sites for hydroxylation is 2. The molecule has 0 bridgehead atoms. The van der Waals surface area contributed by atoms with E-state index in [2.05, 4.69) is 15.3 Å². The van der Waals surface area contributed by atoms with Crippen molar-refractivity contribution in [2.45, 2.75) is 25.3 Å². The van der Waals surface area contributed by atoms with E-state index in [4.69, 9.17) is 0 Å². The van der Waals surface area contributed by atoms with Gasteiger partial charge in [0.05, 0.1) is 11.4 Å². The van der Waals surface area contributed by atoms with Gasteiger partial charge in [-0.2, -0.15) is 4.31 Å². The van der Waals surface area contributed by atoms with Gasteiger partial charge in [0.2, 0.25) is 15.9 Å². The van der Waals surface area contributed by atoms with Gasteiger partial charge in [0, 0.05) is 29.6 Å². The number of nitrogens with zero attached hydrogens (tertiary/aromatic N) is 2. The third-order valence-corrected chi connectivity index (χ3v) is 7.28. The standard InChI is InChI=1S/C27H26N4O4S/c1-19-11-13-24(14-12-19)36(34,35)31(17-21-7-4-3-5-8-21)18-26(33)29-23-10-6-9-22(16-23)27-28-20(2)15-25(32)30-27/h3-16H,17-18H2,1-2H3,(H,29,33)(H,28,30,32). The van der Waals surface area contributed by atoms with E-state index in [1.165, 1.54) is 6.07 Å². The van der Waals surface area contributed by atoms with E-state index in [9.17, 15) is 18.0 Å². The average Bonchev–Trinajstić information content (AvgIpc) is 2.84. The summed E-state index contributed by atoms with van der Waals surface area (Å²) >= 11 is 0. The molecule has 36 heavy (non-hydrogen) atoms. The molecule has 3 aromatic carbocycles. The van der Waals surface area contributed by atoms with Gasteiger partial charge in [-0.25, -0.2) is 13.4 Å². The zero-order valence-electron chi connectivity index (χ0n) is 19.9. The number of sulfonamides is 1. The Bertz CT molecular complexity index is 1530. The third kappa shape index (κ3) is 6.12. The number of aromatic amines is 1. The lowest BCUT2D eigenvalue weighted by molar-refractivity contribution is -0.116. The van der Waals surface area contributed by atoms with Crippen molar-refractivity contribution in [2.75, 3.05) is 11.9 Å². The van der Waals surface area contributed by atoms with E-state index < -0.39 is 15.9 Å². The predicted octanol–water partition coefficient (Wildman–Crippen LogP) is 3.88. The molecule has 184 valence electrons. The first-order chi connectivity index (χ1) is 17.2. The molecule has 0 radical (unpaired) electrons. The van der Waals surface area contributed by atoms with Crippen molar-refractivity contribution in [3.05, 3.63) is 112 Å². The minimum atomic E-state index is -3.94. The van der Waals surface area contributed by atoms with E-state index in [-0.39, 0.29) is 23.5 Å². The SMILES string of the molecule is Cc1ccc(S(=O)(=O)N(CC(=O)Nc2cccc(-c3nc(C)cc(=O)[nH]3)c2)Cc2ccccc2)cc1. The lowest BCUT2D eigenvalue weighted by Crippen LogP contribution is -2.37. The number of rotatable bonds is 8. The maximum Gasteiger partial charge on any atom is 0.251 e. The molecule has 1 amide bonds. The van der Waals surface area contributed by atoms with Crippen LogP contribution in [0.4, 0.5) is 5.69 Å². The van der Waals surface area contributed by atoms with Crippen LogP contribution in [0.15, 0.2) is 94.6 Å². The Morgan fingerprint density at radius 2 is 1.67 bits per heavy atom. The summed E-state index contributed by atoms with van der Waals surface area (Å²) in [6.07, 6.45) is 0. The molecule has 1 aromatic heterocycles. The molecular weight excluding hydrogens is 476 g/mol. The molecule has 0 saturated carbocycles. The largest absolute Gasteiger partial charge is 0.325 e. The summed E-state index contributed by atoms with van der Waals surface area (Å²) in [7, 11) is -3.94. The Kier molecular flexibility index (Phi) is 7.42. The molecule has 0 saturated heterocycles. The van der Waals surface area contributed by atoms with E-state index in [0.717, 1.165) is 15.4 Å². The van der Waals surface area contributed by atoms with Crippen molar-refractivity contribution in [3.63, 3.8) is 0 Å². The van der Waals surface area contributed by atoms with Gasteiger partial charge < -0.3 is 10.3 Å². The van der Waals surface area contributed by atoms with Crippen molar-refractivity contribution in [3.8, 4) is 11.4 Å². The normalized spacial score (nSPS) is 11.4. The van der Waals surface area contributed by atoms with E-state index >= 15 is 0 Å². The molecule has 4 rings (SSSR count). The first kappa shape index (κ1) is 25.0. The zero-order valence-corrected chi connectivity index (χ0v) is 20.7. The highest BCUT2D eigenvalue weighted by atomic mass is 32.2. The number of nitrogens with one attached hydrogen (secondary N) is 2. The first-order valence-corrected chi connectivity index (χ1v) is 12.7. The minimum Gasteiger partial charge on any atom is -0.325 e.